The summed E-state index contributed by atoms with van der Waals surface area (Å²) in [6.45, 7) is 13.2. The lowest BCUT2D eigenvalue weighted by molar-refractivity contribution is 0.109. The molecule has 1 aliphatic carbocycles. The molecule has 70 heavy (non-hydrogen) atoms. The van der Waals surface area contributed by atoms with Crippen molar-refractivity contribution in [3.63, 3.8) is 0 Å². The maximum Gasteiger partial charge on any atom is 0.179 e. The number of nitrogens with zero attached hydrogens (tertiary/aromatic N) is 3. The number of nitrogens with one attached hydrogen (secondary N) is 2. The van der Waals surface area contributed by atoms with Crippen molar-refractivity contribution in [3.05, 3.63) is 168 Å². The van der Waals surface area contributed by atoms with Crippen molar-refractivity contribution < 1.29 is 9.47 Å². The lowest BCUT2D eigenvalue weighted by Gasteiger charge is -2.29. The summed E-state index contributed by atoms with van der Waals surface area (Å²) in [4.78, 5) is 10.0. The third-order valence-corrected chi connectivity index (χ3v) is 10.8. The van der Waals surface area contributed by atoms with E-state index in [9.17, 15) is 0 Å². The summed E-state index contributed by atoms with van der Waals surface area (Å²) in [5.74, 6) is 0.872. The number of nitrogen functional groups attached to an aromatic ring is 2. The Bertz CT molecular complexity index is 1890. The van der Waals surface area contributed by atoms with Crippen molar-refractivity contribution in [2.24, 2.45) is 28.7 Å². The van der Waals surface area contributed by atoms with Gasteiger partial charge in [0.25, 0.3) is 0 Å². The van der Waals surface area contributed by atoms with Gasteiger partial charge in [0.05, 0.1) is 20.3 Å². The standard InChI is InChI=1S/C10H14N2.C8H11NO.C8H11N.C6H8N2.C6H13N.C6H7N.C4H9NO.C4H11N.C3H4N2S/c1-2-4-10(5-3-1)12-8-6-11-7-9-12;1-10-8-4-2-7(6-9)3-5-8;9-7-6-8-4-2-1-3-5-8;7-4-6-2-1-3-8-5-6;2*7-6-4-2-1-3-5-6;1-3-6-4-2-5-1;1-2-3-4-5;4-3-5-1-2-6-3/h1-5,11H,6-9H2;2-5H,6,9H2,1H3;1-5H,6-7,9H2;1-3,5H,4,7H2;6H,1-5,7H2;1-5H,7H2;5H,1-4H2;2-5H2,1H3;1-2H,(H2,4,5). The van der Waals surface area contributed by atoms with Crippen LogP contribution in [0.25, 0.3) is 0 Å². The van der Waals surface area contributed by atoms with Gasteiger partial charge in [0.15, 0.2) is 5.13 Å². The van der Waals surface area contributed by atoms with E-state index < -0.39 is 0 Å². The third-order valence-electron chi connectivity index (χ3n) is 10.2. The van der Waals surface area contributed by atoms with Crippen LogP contribution in [0.2, 0.25) is 0 Å². The number of anilines is 3. The first-order valence-electron chi connectivity index (χ1n) is 24.7. The average Bonchev–Trinajstić information content (AvgIpc) is 3.93. The highest BCUT2D eigenvalue weighted by Crippen LogP contribution is 2.15. The highest BCUT2D eigenvalue weighted by molar-refractivity contribution is 7.13. The molecule has 16 N–H and O–H groups in total. The molecule has 0 atom stereocenters. The molecule has 9 rings (SSSR count). The molecule has 15 heteroatoms. The third kappa shape index (κ3) is 36.5. The fourth-order valence-electron chi connectivity index (χ4n) is 6.20. The van der Waals surface area contributed by atoms with Gasteiger partial charge in [-0.3, -0.25) is 4.98 Å². The summed E-state index contributed by atoms with van der Waals surface area (Å²) in [6, 6.07) is 42.4. The summed E-state index contributed by atoms with van der Waals surface area (Å²) in [6.07, 6.45) is 15.2. The van der Waals surface area contributed by atoms with E-state index in [2.05, 4.69) is 74.9 Å². The molecule has 0 amide bonds. The van der Waals surface area contributed by atoms with Gasteiger partial charge in [-0.25, -0.2) is 4.98 Å². The number of nitrogens with two attached hydrogens (primary N) is 7. The highest BCUT2D eigenvalue weighted by atomic mass is 32.1. The minimum Gasteiger partial charge on any atom is -0.497 e. The lowest BCUT2D eigenvalue weighted by Crippen LogP contribution is -2.43. The number of methoxy groups -OCH3 is 1. The number of hydrogen-bond donors (Lipinski definition) is 9. The molecule has 0 unspecified atom stereocenters. The van der Waals surface area contributed by atoms with Crippen LogP contribution < -0.4 is 60.4 Å². The maximum absolute atomic E-state index is 5.63. The molecule has 2 saturated heterocycles. The van der Waals surface area contributed by atoms with E-state index in [-0.39, 0.29) is 0 Å². The topological polar surface area (TPSA) is 254 Å². The summed E-state index contributed by atoms with van der Waals surface area (Å²) in [5.41, 5.74) is 43.1. The SMILES string of the molecule is C1COCCN1.CCCCN.COc1ccc(CN)cc1.NC1CCCCC1.NCCc1ccccc1.NCc1cccnc1.Nc1ccccc1.Nc1nccs1.c1ccc(N2CCNCC2)cc1. The van der Waals surface area contributed by atoms with E-state index >= 15 is 0 Å². The predicted molar refractivity (Wildman–Crippen MR) is 300 cm³/mol. The van der Waals surface area contributed by atoms with E-state index in [1.165, 1.54) is 67.5 Å². The van der Waals surface area contributed by atoms with Gasteiger partial charge in [0.1, 0.15) is 5.75 Å². The normalized spacial score (nSPS) is 13.4. The first kappa shape index (κ1) is 62.6. The van der Waals surface area contributed by atoms with Crippen LogP contribution in [-0.2, 0) is 24.2 Å². The Hall–Kier alpha value is -5.46. The Morgan fingerprint density at radius 2 is 1.23 bits per heavy atom. The quantitative estimate of drug-likeness (QED) is 0.0666. The number of hydrogen-bond acceptors (Lipinski definition) is 15. The van der Waals surface area contributed by atoms with E-state index in [4.69, 9.17) is 49.6 Å². The van der Waals surface area contributed by atoms with Crippen LogP contribution in [0.3, 0.4) is 0 Å². The molecule has 0 spiro atoms. The zero-order valence-corrected chi connectivity index (χ0v) is 43.1. The Labute approximate surface area is 425 Å². The van der Waals surface area contributed by atoms with Crippen LogP contribution in [0.5, 0.6) is 5.75 Å². The number of morpholine rings is 1. The minimum absolute atomic E-state index is 0.536. The Morgan fingerprint density at radius 3 is 1.57 bits per heavy atom. The first-order valence-corrected chi connectivity index (χ1v) is 25.5. The molecular weight excluding hydrogens is 893 g/mol. The van der Waals surface area contributed by atoms with E-state index in [0.717, 1.165) is 94.6 Å². The zero-order chi connectivity index (χ0) is 51.0. The fourth-order valence-corrected chi connectivity index (χ4v) is 6.58. The minimum atomic E-state index is 0.536. The molecule has 14 nitrogen and oxygen atoms in total. The van der Waals surface area contributed by atoms with Crippen molar-refractivity contribution >= 4 is 27.8 Å². The van der Waals surface area contributed by atoms with E-state index in [1.54, 1.807) is 25.7 Å². The van der Waals surface area contributed by atoms with Crippen molar-refractivity contribution in [2.75, 3.05) is 89.0 Å². The van der Waals surface area contributed by atoms with Gasteiger partial charge in [0, 0.05) is 93.7 Å². The van der Waals surface area contributed by atoms with E-state index in [0.29, 0.717) is 24.3 Å². The van der Waals surface area contributed by atoms with E-state index in [1.807, 2.05) is 90.3 Å². The van der Waals surface area contributed by atoms with Gasteiger partial charge in [-0.15, -0.1) is 11.3 Å². The van der Waals surface area contributed by atoms with Crippen LogP contribution >= 0.6 is 11.3 Å². The van der Waals surface area contributed by atoms with Crippen molar-refractivity contribution in [3.8, 4) is 5.75 Å². The second kappa shape index (κ2) is 46.0. The second-order valence-corrected chi connectivity index (χ2v) is 16.8. The van der Waals surface area contributed by atoms with Gasteiger partial charge >= 0.3 is 0 Å². The monoisotopic (exact) mass is 981 g/mol. The summed E-state index contributed by atoms with van der Waals surface area (Å²) in [5, 5.41) is 8.98. The zero-order valence-electron chi connectivity index (χ0n) is 42.3. The Kier molecular flexibility index (Phi) is 41.1. The first-order chi connectivity index (χ1) is 34.3. The van der Waals surface area contributed by atoms with Gasteiger partial charge in [-0.2, -0.15) is 0 Å². The maximum atomic E-state index is 5.63. The number of para-hydroxylation sites is 2. The van der Waals surface area contributed by atoms with Crippen molar-refractivity contribution in [1.82, 2.24) is 20.6 Å². The smallest absolute Gasteiger partial charge is 0.179 e. The number of rotatable bonds is 8. The van der Waals surface area contributed by atoms with Crippen LogP contribution in [0.15, 0.2) is 151 Å². The largest absolute Gasteiger partial charge is 0.497 e. The highest BCUT2D eigenvalue weighted by Gasteiger charge is 2.09. The van der Waals surface area contributed by atoms with Crippen LogP contribution in [0, 0.1) is 0 Å². The molecule has 3 fully saturated rings. The molecule has 2 aliphatic heterocycles. The van der Waals surface area contributed by atoms with Crippen LogP contribution in [-0.4, -0.2) is 88.7 Å². The van der Waals surface area contributed by atoms with Gasteiger partial charge in [0.2, 0.25) is 0 Å². The number of piperazine rings is 1. The number of benzene rings is 4. The molecule has 0 radical (unpaired) electrons. The molecule has 4 heterocycles. The molecule has 0 bridgehead atoms. The Balaban J connectivity index is 0.000000399. The molecular formula is C55H88N12O2S. The number of aromatic nitrogens is 2. The number of ether oxygens (including phenoxy) is 2. The molecule has 6 aromatic rings. The predicted octanol–water partition coefficient (Wildman–Crippen LogP) is 7.60. The lowest BCUT2D eigenvalue weighted by atomic mass is 9.97. The fraction of sp³-hybridized carbons (Fsp3) is 0.418. The van der Waals surface area contributed by atoms with Crippen molar-refractivity contribution in [2.45, 2.75) is 77.4 Å². The van der Waals surface area contributed by atoms with Gasteiger partial charge < -0.3 is 65.1 Å². The number of unbranched alkanes of at least 4 members (excludes halogenated alkanes) is 1. The molecule has 1 saturated carbocycles. The molecule has 2 aromatic heterocycles. The van der Waals surface area contributed by atoms with Gasteiger partial charge in [-0.1, -0.05) is 118 Å². The summed E-state index contributed by atoms with van der Waals surface area (Å²) >= 11 is 1.44. The molecule has 4 aromatic carbocycles. The molecule has 3 aliphatic rings. The average molecular weight is 981 g/mol. The van der Waals surface area contributed by atoms with Crippen LogP contribution in [0.4, 0.5) is 16.5 Å². The van der Waals surface area contributed by atoms with Gasteiger partial charge in [-0.05, 0) is 97.9 Å². The number of thiazole rings is 1. The van der Waals surface area contributed by atoms with Crippen LogP contribution in [0.1, 0.15) is 68.6 Å². The summed E-state index contributed by atoms with van der Waals surface area (Å²) < 4.78 is 9.98. The molecule has 386 valence electrons. The summed E-state index contributed by atoms with van der Waals surface area (Å²) in [7, 11) is 1.65. The van der Waals surface area contributed by atoms with Crippen molar-refractivity contribution in [1.29, 1.82) is 0 Å². The number of pyridine rings is 1. The second-order valence-electron chi connectivity index (χ2n) is 15.9. The Morgan fingerprint density at radius 1 is 0.657 bits per heavy atom.